The van der Waals surface area contributed by atoms with Gasteiger partial charge in [0.05, 0.1) is 6.20 Å². The van der Waals surface area contributed by atoms with Crippen LogP contribution in [-0.4, -0.2) is 46.9 Å². The minimum absolute atomic E-state index is 0. The SMILES string of the molecule is Cc1ccc(COc2ccc(Oc3ccc(C=CC(=O)N4CCN(Cc5ccc(Cl)cc5)CC4)c(C)c3)nc2)cc1.Cl. The molecule has 8 heteroatoms. The standard InChI is InChI=1S/C34H34ClN3O3.ClH/c1-25-3-5-28(6-4-25)24-40-32-14-15-33(36-22-32)41-31-13-9-29(26(2)21-31)10-16-34(39)38-19-17-37(18-20-38)23-27-7-11-30(35)12-8-27;/h3-16,21-22H,17-20,23-24H2,1-2H3;1H. The van der Waals surface area contributed by atoms with Gasteiger partial charge in [0.15, 0.2) is 0 Å². The Bertz CT molecular complexity index is 1480. The van der Waals surface area contributed by atoms with E-state index in [4.69, 9.17) is 21.1 Å². The van der Waals surface area contributed by atoms with Crippen LogP contribution in [0.2, 0.25) is 5.02 Å². The molecule has 5 rings (SSSR count). The second-order valence-electron chi connectivity index (χ2n) is 10.3. The number of carbonyl (C=O) groups is 1. The Kier molecular flexibility index (Phi) is 11.0. The maximum absolute atomic E-state index is 12.8. The smallest absolute Gasteiger partial charge is 0.246 e. The maximum atomic E-state index is 12.8. The van der Waals surface area contributed by atoms with Gasteiger partial charge in [0.1, 0.15) is 18.1 Å². The van der Waals surface area contributed by atoms with Crippen molar-refractivity contribution in [3.05, 3.63) is 124 Å². The molecule has 0 atom stereocenters. The zero-order chi connectivity index (χ0) is 28.6. The fourth-order valence-electron chi connectivity index (χ4n) is 4.62. The van der Waals surface area contributed by atoms with Crippen LogP contribution in [0.1, 0.15) is 27.8 Å². The molecule has 0 unspecified atom stereocenters. The first kappa shape index (κ1) is 31.1. The summed E-state index contributed by atoms with van der Waals surface area (Å²) in [6, 6.07) is 25.6. The predicted octanol–water partition coefficient (Wildman–Crippen LogP) is 7.50. The zero-order valence-electron chi connectivity index (χ0n) is 23.8. The molecular formula is C34H35Cl2N3O3. The molecule has 6 nitrogen and oxygen atoms in total. The van der Waals surface area contributed by atoms with E-state index < -0.39 is 0 Å². The van der Waals surface area contributed by atoms with E-state index in [-0.39, 0.29) is 18.3 Å². The van der Waals surface area contributed by atoms with Gasteiger partial charge in [0.25, 0.3) is 0 Å². The molecule has 0 radical (unpaired) electrons. The molecule has 1 aromatic heterocycles. The van der Waals surface area contributed by atoms with Crippen molar-refractivity contribution in [2.24, 2.45) is 0 Å². The molecule has 4 aromatic rings. The van der Waals surface area contributed by atoms with Crippen LogP contribution in [-0.2, 0) is 17.9 Å². The predicted molar refractivity (Wildman–Crippen MR) is 171 cm³/mol. The van der Waals surface area contributed by atoms with Crippen molar-refractivity contribution in [1.82, 2.24) is 14.8 Å². The number of aryl methyl sites for hydroxylation is 2. The molecule has 1 saturated heterocycles. The third-order valence-corrected chi connectivity index (χ3v) is 7.36. The number of hydrogen-bond acceptors (Lipinski definition) is 5. The van der Waals surface area contributed by atoms with E-state index in [1.807, 2.05) is 54.3 Å². The number of carbonyl (C=O) groups excluding carboxylic acids is 1. The van der Waals surface area contributed by atoms with Gasteiger partial charge < -0.3 is 14.4 Å². The van der Waals surface area contributed by atoms with Crippen LogP contribution in [0, 0.1) is 13.8 Å². The summed E-state index contributed by atoms with van der Waals surface area (Å²) in [7, 11) is 0. The Labute approximate surface area is 259 Å². The summed E-state index contributed by atoms with van der Waals surface area (Å²) in [5.74, 6) is 1.89. The van der Waals surface area contributed by atoms with Crippen LogP contribution >= 0.6 is 24.0 Å². The number of ether oxygens (including phenoxy) is 2. The number of rotatable bonds is 9. The second-order valence-corrected chi connectivity index (χ2v) is 10.7. The molecule has 2 heterocycles. The van der Waals surface area contributed by atoms with E-state index in [0.29, 0.717) is 37.1 Å². The summed E-state index contributed by atoms with van der Waals surface area (Å²) in [5, 5.41) is 0.746. The molecular weight excluding hydrogens is 569 g/mol. The number of hydrogen-bond donors (Lipinski definition) is 0. The normalized spacial score (nSPS) is 13.5. The fourth-order valence-corrected chi connectivity index (χ4v) is 4.75. The van der Waals surface area contributed by atoms with E-state index in [1.165, 1.54) is 11.1 Å². The lowest BCUT2D eigenvalue weighted by molar-refractivity contribution is -0.127. The minimum Gasteiger partial charge on any atom is -0.487 e. The molecule has 0 aliphatic carbocycles. The number of benzene rings is 3. The molecule has 1 aliphatic heterocycles. The van der Waals surface area contributed by atoms with E-state index in [1.54, 1.807) is 18.3 Å². The number of amides is 1. The summed E-state index contributed by atoms with van der Waals surface area (Å²) >= 11 is 5.99. The number of piperazine rings is 1. The van der Waals surface area contributed by atoms with Crippen molar-refractivity contribution >= 4 is 36.0 Å². The van der Waals surface area contributed by atoms with Crippen LogP contribution in [0.5, 0.6) is 17.4 Å². The molecule has 42 heavy (non-hydrogen) atoms. The Morgan fingerprint density at radius 2 is 1.57 bits per heavy atom. The van der Waals surface area contributed by atoms with Gasteiger partial charge in [-0.25, -0.2) is 4.98 Å². The van der Waals surface area contributed by atoms with E-state index in [9.17, 15) is 4.79 Å². The highest BCUT2D eigenvalue weighted by Crippen LogP contribution is 2.25. The Morgan fingerprint density at radius 3 is 2.24 bits per heavy atom. The molecule has 218 valence electrons. The summed E-state index contributed by atoms with van der Waals surface area (Å²) in [6.07, 6.45) is 5.20. The highest BCUT2D eigenvalue weighted by Gasteiger charge is 2.19. The van der Waals surface area contributed by atoms with Crippen molar-refractivity contribution in [2.45, 2.75) is 27.0 Å². The van der Waals surface area contributed by atoms with Crippen LogP contribution in [0.15, 0.2) is 91.1 Å². The van der Waals surface area contributed by atoms with E-state index >= 15 is 0 Å². The summed E-state index contributed by atoms with van der Waals surface area (Å²) in [5.41, 5.74) is 5.54. The molecule has 0 bridgehead atoms. The molecule has 1 fully saturated rings. The average molecular weight is 605 g/mol. The molecule has 0 saturated carbocycles. The monoisotopic (exact) mass is 603 g/mol. The maximum Gasteiger partial charge on any atom is 0.246 e. The van der Waals surface area contributed by atoms with Gasteiger partial charge in [-0.2, -0.15) is 0 Å². The molecule has 3 aromatic carbocycles. The number of halogens is 2. The molecule has 1 aliphatic rings. The number of aromatic nitrogens is 1. The van der Waals surface area contributed by atoms with Gasteiger partial charge in [0, 0.05) is 49.9 Å². The summed E-state index contributed by atoms with van der Waals surface area (Å²) in [6.45, 7) is 8.54. The van der Waals surface area contributed by atoms with Crippen LogP contribution in [0.4, 0.5) is 0 Å². The van der Waals surface area contributed by atoms with Crippen molar-refractivity contribution < 1.29 is 14.3 Å². The minimum atomic E-state index is 0. The lowest BCUT2D eigenvalue weighted by atomic mass is 10.1. The Morgan fingerprint density at radius 1 is 0.881 bits per heavy atom. The second kappa shape index (κ2) is 14.9. The van der Waals surface area contributed by atoms with Crippen LogP contribution in [0.25, 0.3) is 6.08 Å². The molecule has 0 spiro atoms. The average Bonchev–Trinajstić information content (AvgIpc) is 2.99. The first-order chi connectivity index (χ1) is 19.9. The van der Waals surface area contributed by atoms with E-state index in [0.717, 1.165) is 41.3 Å². The molecule has 1 amide bonds. The number of pyridine rings is 1. The van der Waals surface area contributed by atoms with Crippen LogP contribution < -0.4 is 9.47 Å². The summed E-state index contributed by atoms with van der Waals surface area (Å²) in [4.78, 5) is 21.5. The van der Waals surface area contributed by atoms with Crippen molar-refractivity contribution in [3.8, 4) is 17.4 Å². The largest absolute Gasteiger partial charge is 0.487 e. The highest BCUT2D eigenvalue weighted by molar-refractivity contribution is 6.30. The first-order valence-electron chi connectivity index (χ1n) is 13.8. The van der Waals surface area contributed by atoms with Crippen LogP contribution in [0.3, 0.4) is 0 Å². The van der Waals surface area contributed by atoms with E-state index in [2.05, 4.69) is 53.2 Å². The third-order valence-electron chi connectivity index (χ3n) is 7.11. The lowest BCUT2D eigenvalue weighted by Crippen LogP contribution is -2.47. The Hall–Kier alpha value is -3.84. The fraction of sp³-hybridized carbons (Fsp3) is 0.235. The van der Waals surface area contributed by atoms with Gasteiger partial charge in [-0.15, -0.1) is 12.4 Å². The van der Waals surface area contributed by atoms with Gasteiger partial charge in [-0.05, 0) is 72.5 Å². The Balaban J connectivity index is 0.00000405. The quantitative estimate of drug-likeness (QED) is 0.185. The lowest BCUT2D eigenvalue weighted by Gasteiger charge is -2.34. The van der Waals surface area contributed by atoms with Crippen molar-refractivity contribution in [1.29, 1.82) is 0 Å². The van der Waals surface area contributed by atoms with Gasteiger partial charge in [-0.3, -0.25) is 9.69 Å². The van der Waals surface area contributed by atoms with Gasteiger partial charge >= 0.3 is 0 Å². The van der Waals surface area contributed by atoms with Gasteiger partial charge in [0.2, 0.25) is 11.8 Å². The molecule has 0 N–H and O–H groups in total. The first-order valence-corrected chi connectivity index (χ1v) is 14.2. The van der Waals surface area contributed by atoms with Crippen molar-refractivity contribution in [2.75, 3.05) is 26.2 Å². The van der Waals surface area contributed by atoms with Crippen molar-refractivity contribution in [3.63, 3.8) is 0 Å². The third kappa shape index (κ3) is 8.83. The number of nitrogens with zero attached hydrogens (tertiary/aromatic N) is 3. The summed E-state index contributed by atoms with van der Waals surface area (Å²) < 4.78 is 11.8. The zero-order valence-corrected chi connectivity index (χ0v) is 25.4. The van der Waals surface area contributed by atoms with Gasteiger partial charge in [-0.1, -0.05) is 59.6 Å². The highest BCUT2D eigenvalue weighted by atomic mass is 35.5. The topological polar surface area (TPSA) is 54.9 Å².